The minimum absolute atomic E-state index is 0.234. The van der Waals surface area contributed by atoms with E-state index in [1.807, 2.05) is 18.3 Å². The molecule has 3 rings (SSSR count). The van der Waals surface area contributed by atoms with Gasteiger partial charge in [0.15, 0.2) is 0 Å². The zero-order chi connectivity index (χ0) is 14.5. The van der Waals surface area contributed by atoms with E-state index in [9.17, 15) is 0 Å². The molecular weight excluding hydrogens is 264 g/mol. The molecule has 0 aromatic carbocycles. The monoisotopic (exact) mass is 284 g/mol. The summed E-state index contributed by atoms with van der Waals surface area (Å²) in [5.74, 6) is 0.808. The number of anilines is 1. The van der Waals surface area contributed by atoms with Gasteiger partial charge in [0, 0.05) is 63.6 Å². The molecule has 6 heteroatoms. The van der Waals surface area contributed by atoms with Crippen molar-refractivity contribution in [2.75, 3.05) is 37.6 Å². The standard InChI is InChI=1S/C15H20N6/c16-11-14(13-3-1-4-17-12-13)20-7-9-21(10-8-20)15-18-5-2-6-19-15/h1-6,12,14H,7-11,16H2. The largest absolute Gasteiger partial charge is 0.338 e. The van der Waals surface area contributed by atoms with Gasteiger partial charge in [-0.15, -0.1) is 0 Å². The van der Waals surface area contributed by atoms with Crippen molar-refractivity contribution in [2.45, 2.75) is 6.04 Å². The molecule has 21 heavy (non-hydrogen) atoms. The van der Waals surface area contributed by atoms with Crippen molar-refractivity contribution in [3.05, 3.63) is 48.5 Å². The Kier molecular flexibility index (Phi) is 4.37. The fraction of sp³-hybridized carbons (Fsp3) is 0.400. The van der Waals surface area contributed by atoms with E-state index in [-0.39, 0.29) is 6.04 Å². The lowest BCUT2D eigenvalue weighted by Gasteiger charge is -2.39. The summed E-state index contributed by atoms with van der Waals surface area (Å²) in [6.07, 6.45) is 7.27. The first-order valence-electron chi connectivity index (χ1n) is 7.24. The maximum Gasteiger partial charge on any atom is 0.225 e. The summed E-state index contributed by atoms with van der Waals surface area (Å²) >= 11 is 0. The van der Waals surface area contributed by atoms with Gasteiger partial charge in [0.05, 0.1) is 0 Å². The van der Waals surface area contributed by atoms with E-state index in [2.05, 4.69) is 30.8 Å². The third-order valence-electron chi connectivity index (χ3n) is 3.88. The number of nitrogens with two attached hydrogens (primary N) is 1. The van der Waals surface area contributed by atoms with Crippen LogP contribution >= 0.6 is 0 Å². The molecule has 1 saturated heterocycles. The lowest BCUT2D eigenvalue weighted by atomic mass is 10.1. The van der Waals surface area contributed by atoms with Gasteiger partial charge in [-0.2, -0.15) is 0 Å². The molecule has 0 aliphatic carbocycles. The summed E-state index contributed by atoms with van der Waals surface area (Å²) in [5, 5.41) is 0. The second kappa shape index (κ2) is 6.60. The van der Waals surface area contributed by atoms with E-state index < -0.39 is 0 Å². The predicted octanol–water partition coefficient (Wildman–Crippen LogP) is 0.694. The van der Waals surface area contributed by atoms with Gasteiger partial charge in [-0.1, -0.05) is 6.07 Å². The number of pyridine rings is 1. The van der Waals surface area contributed by atoms with E-state index in [1.165, 1.54) is 5.56 Å². The Labute approximate surface area is 124 Å². The van der Waals surface area contributed by atoms with Crippen molar-refractivity contribution >= 4 is 5.95 Å². The van der Waals surface area contributed by atoms with Gasteiger partial charge in [0.2, 0.25) is 5.95 Å². The molecular formula is C15H20N6. The molecule has 0 bridgehead atoms. The van der Waals surface area contributed by atoms with Crippen molar-refractivity contribution in [2.24, 2.45) is 5.73 Å². The molecule has 1 unspecified atom stereocenters. The molecule has 2 aromatic heterocycles. The first-order valence-corrected chi connectivity index (χ1v) is 7.24. The Bertz CT molecular complexity index is 539. The van der Waals surface area contributed by atoms with Gasteiger partial charge in [0.25, 0.3) is 0 Å². The van der Waals surface area contributed by atoms with Crippen LogP contribution in [0.15, 0.2) is 43.0 Å². The highest BCUT2D eigenvalue weighted by Crippen LogP contribution is 2.21. The lowest BCUT2D eigenvalue weighted by Crippen LogP contribution is -2.49. The molecule has 110 valence electrons. The summed E-state index contributed by atoms with van der Waals surface area (Å²) in [6.45, 7) is 4.35. The molecule has 0 amide bonds. The highest BCUT2D eigenvalue weighted by atomic mass is 15.3. The summed E-state index contributed by atoms with van der Waals surface area (Å²) in [4.78, 5) is 17.5. The zero-order valence-electron chi connectivity index (χ0n) is 12.0. The minimum Gasteiger partial charge on any atom is -0.338 e. The SMILES string of the molecule is NCC(c1cccnc1)N1CCN(c2ncccn2)CC1. The Balaban J connectivity index is 1.65. The highest BCUT2D eigenvalue weighted by Gasteiger charge is 2.25. The molecule has 1 aliphatic rings. The summed E-state index contributed by atoms with van der Waals surface area (Å²) in [6, 6.07) is 6.13. The maximum atomic E-state index is 5.97. The summed E-state index contributed by atoms with van der Waals surface area (Å²) in [5.41, 5.74) is 7.16. The van der Waals surface area contributed by atoms with E-state index in [0.29, 0.717) is 6.54 Å². The predicted molar refractivity (Wildman–Crippen MR) is 81.9 cm³/mol. The zero-order valence-corrected chi connectivity index (χ0v) is 12.0. The van der Waals surface area contributed by atoms with Crippen LogP contribution in [-0.4, -0.2) is 52.6 Å². The Hall–Kier alpha value is -2.05. The van der Waals surface area contributed by atoms with Crippen LogP contribution in [0.2, 0.25) is 0 Å². The quantitative estimate of drug-likeness (QED) is 0.891. The molecule has 0 saturated carbocycles. The second-order valence-electron chi connectivity index (χ2n) is 5.11. The summed E-state index contributed by atoms with van der Waals surface area (Å²) in [7, 11) is 0. The van der Waals surface area contributed by atoms with Crippen LogP contribution in [0.1, 0.15) is 11.6 Å². The second-order valence-corrected chi connectivity index (χ2v) is 5.11. The van der Waals surface area contributed by atoms with Crippen LogP contribution in [0.3, 0.4) is 0 Å². The van der Waals surface area contributed by atoms with Crippen molar-refractivity contribution in [3.63, 3.8) is 0 Å². The van der Waals surface area contributed by atoms with E-state index in [0.717, 1.165) is 32.1 Å². The lowest BCUT2D eigenvalue weighted by molar-refractivity contribution is 0.189. The van der Waals surface area contributed by atoms with Gasteiger partial charge in [-0.05, 0) is 17.7 Å². The molecule has 1 atom stereocenters. The van der Waals surface area contributed by atoms with Crippen LogP contribution < -0.4 is 10.6 Å². The van der Waals surface area contributed by atoms with E-state index in [1.54, 1.807) is 18.6 Å². The first kappa shape index (κ1) is 13.9. The fourth-order valence-electron chi connectivity index (χ4n) is 2.76. The number of nitrogens with zero attached hydrogens (tertiary/aromatic N) is 5. The number of aromatic nitrogens is 3. The Morgan fingerprint density at radius 2 is 1.81 bits per heavy atom. The minimum atomic E-state index is 0.234. The van der Waals surface area contributed by atoms with Crippen LogP contribution in [0.5, 0.6) is 0 Å². The van der Waals surface area contributed by atoms with Crippen molar-refractivity contribution in [1.29, 1.82) is 0 Å². The van der Waals surface area contributed by atoms with Gasteiger partial charge in [0.1, 0.15) is 0 Å². The maximum absolute atomic E-state index is 5.97. The topological polar surface area (TPSA) is 71.2 Å². The smallest absolute Gasteiger partial charge is 0.225 e. The van der Waals surface area contributed by atoms with Gasteiger partial charge in [-0.3, -0.25) is 9.88 Å². The molecule has 6 nitrogen and oxygen atoms in total. The Morgan fingerprint density at radius 3 is 2.43 bits per heavy atom. The van der Waals surface area contributed by atoms with Crippen LogP contribution in [-0.2, 0) is 0 Å². The summed E-state index contributed by atoms with van der Waals surface area (Å²) < 4.78 is 0. The molecule has 1 aliphatic heterocycles. The molecule has 2 N–H and O–H groups in total. The van der Waals surface area contributed by atoms with Gasteiger partial charge in [-0.25, -0.2) is 9.97 Å². The average molecular weight is 284 g/mol. The molecule has 2 aromatic rings. The third kappa shape index (κ3) is 3.17. The highest BCUT2D eigenvalue weighted by molar-refractivity contribution is 5.29. The normalized spacial score (nSPS) is 17.7. The number of rotatable bonds is 4. The van der Waals surface area contributed by atoms with E-state index in [4.69, 9.17) is 5.73 Å². The number of hydrogen-bond donors (Lipinski definition) is 1. The average Bonchev–Trinajstić information content (AvgIpc) is 2.58. The molecule has 0 radical (unpaired) electrons. The number of hydrogen-bond acceptors (Lipinski definition) is 6. The Morgan fingerprint density at radius 1 is 1.05 bits per heavy atom. The fourth-order valence-corrected chi connectivity index (χ4v) is 2.76. The molecule has 0 spiro atoms. The molecule has 1 fully saturated rings. The van der Waals surface area contributed by atoms with Gasteiger partial charge >= 0.3 is 0 Å². The molecule has 3 heterocycles. The van der Waals surface area contributed by atoms with Crippen LogP contribution in [0.25, 0.3) is 0 Å². The van der Waals surface area contributed by atoms with Crippen LogP contribution in [0.4, 0.5) is 5.95 Å². The van der Waals surface area contributed by atoms with E-state index >= 15 is 0 Å². The number of piperazine rings is 1. The van der Waals surface area contributed by atoms with Crippen molar-refractivity contribution in [3.8, 4) is 0 Å². The van der Waals surface area contributed by atoms with Gasteiger partial charge < -0.3 is 10.6 Å². The van der Waals surface area contributed by atoms with Crippen LogP contribution in [0, 0.1) is 0 Å². The van der Waals surface area contributed by atoms with Crippen molar-refractivity contribution < 1.29 is 0 Å². The van der Waals surface area contributed by atoms with Crippen molar-refractivity contribution in [1.82, 2.24) is 19.9 Å². The first-order chi connectivity index (χ1) is 10.4. The third-order valence-corrected chi connectivity index (χ3v) is 3.88.